The van der Waals surface area contributed by atoms with Gasteiger partial charge in [0.15, 0.2) is 0 Å². The van der Waals surface area contributed by atoms with E-state index in [1.165, 1.54) is 37.7 Å². The Bertz CT molecular complexity index is 564. The van der Waals surface area contributed by atoms with Gasteiger partial charge in [-0.2, -0.15) is 0 Å². The third-order valence-electron chi connectivity index (χ3n) is 4.85. The second kappa shape index (κ2) is 7.02. The quantitative estimate of drug-likeness (QED) is 0.839. The molecule has 3 rings (SSSR count). The van der Waals surface area contributed by atoms with Crippen molar-refractivity contribution in [2.75, 3.05) is 0 Å². The third kappa shape index (κ3) is 3.84. The smallest absolute Gasteiger partial charge is 0.408 e. The van der Waals surface area contributed by atoms with Crippen LogP contribution in [0.3, 0.4) is 0 Å². The third-order valence-corrected chi connectivity index (χ3v) is 4.85. The van der Waals surface area contributed by atoms with Gasteiger partial charge in [0.25, 0.3) is 0 Å². The van der Waals surface area contributed by atoms with Crippen molar-refractivity contribution in [1.29, 1.82) is 0 Å². The zero-order chi connectivity index (χ0) is 16.2. The molecule has 0 unspecified atom stereocenters. The highest BCUT2D eigenvalue weighted by Gasteiger charge is 2.37. The topological polar surface area (TPSA) is 67.4 Å². The van der Waals surface area contributed by atoms with Crippen molar-refractivity contribution in [1.82, 2.24) is 10.6 Å². The molecule has 1 saturated heterocycles. The van der Waals surface area contributed by atoms with Gasteiger partial charge < -0.3 is 15.4 Å². The maximum Gasteiger partial charge on any atom is 0.408 e. The summed E-state index contributed by atoms with van der Waals surface area (Å²) in [5.74, 6) is 0.520. The Kier molecular flexibility index (Phi) is 4.84. The first-order valence-corrected chi connectivity index (χ1v) is 8.46. The maximum atomic E-state index is 11.7. The first-order valence-electron chi connectivity index (χ1n) is 8.46. The van der Waals surface area contributed by atoms with Crippen molar-refractivity contribution in [3.63, 3.8) is 0 Å². The van der Waals surface area contributed by atoms with Gasteiger partial charge in [-0.15, -0.1) is 0 Å². The lowest BCUT2D eigenvalue weighted by Crippen LogP contribution is -2.67. The van der Waals surface area contributed by atoms with Gasteiger partial charge in [-0.1, -0.05) is 43.5 Å². The highest BCUT2D eigenvalue weighted by Crippen LogP contribution is 2.32. The minimum atomic E-state index is -0.548. The molecule has 0 bridgehead atoms. The van der Waals surface area contributed by atoms with E-state index in [1.807, 2.05) is 19.1 Å². The molecule has 2 fully saturated rings. The molecule has 1 saturated carbocycles. The van der Waals surface area contributed by atoms with E-state index in [-0.39, 0.29) is 18.6 Å². The van der Waals surface area contributed by atoms with Crippen molar-refractivity contribution in [3.05, 3.63) is 35.4 Å². The Morgan fingerprint density at radius 2 is 1.91 bits per heavy atom. The first kappa shape index (κ1) is 15.8. The summed E-state index contributed by atoms with van der Waals surface area (Å²) in [6.45, 7) is 2.07. The van der Waals surface area contributed by atoms with Crippen molar-refractivity contribution in [3.8, 4) is 0 Å². The van der Waals surface area contributed by atoms with Gasteiger partial charge >= 0.3 is 6.09 Å². The van der Waals surface area contributed by atoms with E-state index in [2.05, 4.69) is 22.8 Å². The number of alkyl carbamates (subject to hydrolysis) is 1. The van der Waals surface area contributed by atoms with Crippen LogP contribution in [0.4, 0.5) is 4.79 Å². The van der Waals surface area contributed by atoms with Crippen LogP contribution in [0.1, 0.15) is 56.1 Å². The van der Waals surface area contributed by atoms with Crippen LogP contribution in [-0.2, 0) is 16.1 Å². The number of amides is 2. The Morgan fingerprint density at radius 3 is 2.52 bits per heavy atom. The number of rotatable bonds is 4. The second-order valence-electron chi connectivity index (χ2n) is 6.57. The van der Waals surface area contributed by atoms with Crippen molar-refractivity contribution in [2.24, 2.45) is 0 Å². The first-order chi connectivity index (χ1) is 11.1. The van der Waals surface area contributed by atoms with Crippen molar-refractivity contribution in [2.45, 2.75) is 63.6 Å². The summed E-state index contributed by atoms with van der Waals surface area (Å²) in [5.41, 5.74) is 2.35. The van der Waals surface area contributed by atoms with Crippen LogP contribution in [0.2, 0.25) is 0 Å². The average molecular weight is 316 g/mol. The molecule has 1 aliphatic carbocycles. The molecule has 0 radical (unpaired) electrons. The van der Waals surface area contributed by atoms with E-state index >= 15 is 0 Å². The minimum Gasteiger partial charge on any atom is -0.445 e. The SMILES string of the molecule is C[C@@H]1NC(=O)[C@H]1NC(=O)OCc1ccc(C2CCCCC2)cc1. The molecule has 2 atom stereocenters. The number of carbonyl (C=O) groups is 2. The predicted octanol–water partition coefficient (Wildman–Crippen LogP) is 2.85. The number of carbonyl (C=O) groups excluding carboxylic acids is 2. The van der Waals surface area contributed by atoms with Crippen LogP contribution in [-0.4, -0.2) is 24.1 Å². The lowest BCUT2D eigenvalue weighted by molar-refractivity contribution is -0.131. The fraction of sp³-hybridized carbons (Fsp3) is 0.556. The highest BCUT2D eigenvalue weighted by molar-refractivity contribution is 5.92. The Labute approximate surface area is 136 Å². The van der Waals surface area contributed by atoms with Gasteiger partial charge in [0, 0.05) is 0 Å². The largest absolute Gasteiger partial charge is 0.445 e. The molecule has 1 aromatic carbocycles. The van der Waals surface area contributed by atoms with Crippen molar-refractivity contribution >= 4 is 12.0 Å². The zero-order valence-corrected chi connectivity index (χ0v) is 13.5. The van der Waals surface area contributed by atoms with Crippen LogP contribution in [0, 0.1) is 0 Å². The standard InChI is InChI=1S/C18H24N2O3/c1-12-16(17(21)19-12)20-18(22)23-11-13-7-9-15(10-8-13)14-5-3-2-4-6-14/h7-10,12,14,16H,2-6,11H2,1H3,(H,19,21)(H,20,22)/t12-,16-/m0/s1. The summed E-state index contributed by atoms with van der Waals surface area (Å²) in [6.07, 6.45) is 6.01. The average Bonchev–Trinajstić information content (AvgIpc) is 2.59. The number of β-lactam (4-membered cyclic amide) rings is 1. The van der Waals surface area contributed by atoms with E-state index in [0.717, 1.165) is 5.56 Å². The fourth-order valence-electron chi connectivity index (χ4n) is 3.36. The Balaban J connectivity index is 1.46. The summed E-state index contributed by atoms with van der Waals surface area (Å²) in [7, 11) is 0. The number of benzene rings is 1. The van der Waals surface area contributed by atoms with Gasteiger partial charge in [0.2, 0.25) is 5.91 Å². The number of hydrogen-bond donors (Lipinski definition) is 2. The normalized spacial score (nSPS) is 24.5. The summed E-state index contributed by atoms with van der Waals surface area (Å²) in [6, 6.07) is 7.83. The molecule has 2 amide bonds. The molecule has 1 heterocycles. The van der Waals surface area contributed by atoms with Crippen LogP contribution in [0.15, 0.2) is 24.3 Å². The molecule has 2 aliphatic rings. The Morgan fingerprint density at radius 1 is 1.22 bits per heavy atom. The van der Waals surface area contributed by atoms with E-state index in [9.17, 15) is 9.59 Å². The number of hydrogen-bond acceptors (Lipinski definition) is 3. The molecule has 5 heteroatoms. The lowest BCUT2D eigenvalue weighted by Gasteiger charge is -2.33. The molecule has 23 heavy (non-hydrogen) atoms. The van der Waals surface area contributed by atoms with Crippen LogP contribution in [0.5, 0.6) is 0 Å². The summed E-state index contributed by atoms with van der Waals surface area (Å²) in [5, 5.41) is 5.24. The monoisotopic (exact) mass is 316 g/mol. The van der Waals surface area contributed by atoms with E-state index in [4.69, 9.17) is 4.74 Å². The zero-order valence-electron chi connectivity index (χ0n) is 13.5. The molecule has 0 spiro atoms. The molecule has 2 N–H and O–H groups in total. The molecule has 1 aromatic rings. The maximum absolute atomic E-state index is 11.7. The van der Waals surface area contributed by atoms with Gasteiger partial charge in [-0.05, 0) is 36.8 Å². The van der Waals surface area contributed by atoms with Gasteiger partial charge in [-0.25, -0.2) is 4.79 Å². The van der Waals surface area contributed by atoms with Crippen LogP contribution >= 0.6 is 0 Å². The molecular weight excluding hydrogens is 292 g/mol. The summed E-state index contributed by atoms with van der Waals surface area (Å²) in [4.78, 5) is 23.0. The highest BCUT2D eigenvalue weighted by atomic mass is 16.5. The predicted molar refractivity (Wildman–Crippen MR) is 87.0 cm³/mol. The van der Waals surface area contributed by atoms with Gasteiger partial charge in [0.05, 0.1) is 6.04 Å². The summed E-state index contributed by atoms with van der Waals surface area (Å²) >= 11 is 0. The molecule has 1 aliphatic heterocycles. The number of ether oxygens (including phenoxy) is 1. The van der Waals surface area contributed by atoms with E-state index in [1.54, 1.807) is 0 Å². The molecular formula is C18H24N2O3. The molecule has 5 nitrogen and oxygen atoms in total. The lowest BCUT2D eigenvalue weighted by atomic mass is 9.84. The van der Waals surface area contributed by atoms with Crippen LogP contribution in [0.25, 0.3) is 0 Å². The fourth-order valence-corrected chi connectivity index (χ4v) is 3.36. The second-order valence-corrected chi connectivity index (χ2v) is 6.57. The van der Waals surface area contributed by atoms with E-state index < -0.39 is 12.1 Å². The van der Waals surface area contributed by atoms with E-state index in [0.29, 0.717) is 5.92 Å². The van der Waals surface area contributed by atoms with Gasteiger partial charge in [-0.3, -0.25) is 4.79 Å². The van der Waals surface area contributed by atoms with Gasteiger partial charge in [0.1, 0.15) is 12.6 Å². The van der Waals surface area contributed by atoms with Crippen molar-refractivity contribution < 1.29 is 14.3 Å². The Hall–Kier alpha value is -2.04. The van der Waals surface area contributed by atoms with Crippen LogP contribution < -0.4 is 10.6 Å². The minimum absolute atomic E-state index is 0.0372. The molecule has 124 valence electrons. The summed E-state index contributed by atoms with van der Waals surface area (Å²) < 4.78 is 5.19. The number of nitrogens with one attached hydrogen (secondary N) is 2. The molecule has 0 aromatic heterocycles.